The zero-order valence-corrected chi connectivity index (χ0v) is 11.1. The molecular weight excluding hydrogens is 240 g/mol. The van der Waals surface area contributed by atoms with Gasteiger partial charge in [0, 0.05) is 0 Å². The maximum Gasteiger partial charge on any atom is 0.172 e. The lowest BCUT2D eigenvalue weighted by atomic mass is 10.1. The van der Waals surface area contributed by atoms with Crippen LogP contribution in [-0.2, 0) is 6.61 Å². The smallest absolute Gasteiger partial charge is 0.172 e. The molecule has 0 aliphatic heterocycles. The van der Waals surface area contributed by atoms with Crippen molar-refractivity contribution >= 4 is 6.29 Å². The lowest BCUT2D eigenvalue weighted by molar-refractivity contribution is 0.111. The third-order valence-corrected chi connectivity index (χ3v) is 2.90. The largest absolute Gasteiger partial charge is 0.493 e. The van der Waals surface area contributed by atoms with Crippen LogP contribution < -0.4 is 9.47 Å². The number of carbonyl (C=O) groups is 1. The van der Waals surface area contributed by atoms with Crippen molar-refractivity contribution in [3.05, 3.63) is 59.2 Å². The topological polar surface area (TPSA) is 35.5 Å². The first-order chi connectivity index (χ1) is 9.26. The summed E-state index contributed by atoms with van der Waals surface area (Å²) in [5.74, 6) is 1.11. The molecule has 0 N–H and O–H groups in total. The second-order valence-electron chi connectivity index (χ2n) is 4.23. The number of rotatable bonds is 5. The van der Waals surface area contributed by atoms with Gasteiger partial charge in [-0.15, -0.1) is 0 Å². The van der Waals surface area contributed by atoms with Gasteiger partial charge in [-0.25, -0.2) is 0 Å². The number of carbonyl (C=O) groups excluding carboxylic acids is 1. The Bertz CT molecular complexity index is 562. The second kappa shape index (κ2) is 6.05. The molecule has 0 heterocycles. The zero-order valence-electron chi connectivity index (χ0n) is 11.1. The molecule has 0 amide bonds. The van der Waals surface area contributed by atoms with E-state index in [0.717, 1.165) is 17.4 Å². The minimum atomic E-state index is 0.404. The van der Waals surface area contributed by atoms with Crippen molar-refractivity contribution in [1.29, 1.82) is 0 Å². The Balaban J connectivity index is 2.28. The van der Waals surface area contributed by atoms with Gasteiger partial charge in [-0.3, -0.25) is 4.79 Å². The van der Waals surface area contributed by atoms with Crippen LogP contribution in [0.25, 0.3) is 0 Å². The van der Waals surface area contributed by atoms with Crippen molar-refractivity contribution < 1.29 is 14.3 Å². The fourth-order valence-electron chi connectivity index (χ4n) is 1.90. The third-order valence-electron chi connectivity index (χ3n) is 2.90. The zero-order chi connectivity index (χ0) is 13.7. The first-order valence-corrected chi connectivity index (χ1v) is 6.05. The third kappa shape index (κ3) is 2.94. The van der Waals surface area contributed by atoms with Crippen LogP contribution >= 0.6 is 0 Å². The van der Waals surface area contributed by atoms with Crippen molar-refractivity contribution in [1.82, 2.24) is 0 Å². The lowest BCUT2D eigenvalue weighted by Gasteiger charge is -2.14. The Hall–Kier alpha value is -2.29. The highest BCUT2D eigenvalue weighted by molar-refractivity contribution is 5.81. The summed E-state index contributed by atoms with van der Waals surface area (Å²) in [6.45, 7) is 2.32. The van der Waals surface area contributed by atoms with Gasteiger partial charge in [-0.2, -0.15) is 0 Å². The maximum atomic E-state index is 11.1. The molecule has 3 heteroatoms. The molecule has 0 aliphatic rings. The number of aryl methyl sites for hydroxylation is 1. The van der Waals surface area contributed by atoms with E-state index in [0.29, 0.717) is 23.7 Å². The molecule has 19 heavy (non-hydrogen) atoms. The molecule has 0 radical (unpaired) electrons. The summed E-state index contributed by atoms with van der Waals surface area (Å²) >= 11 is 0. The predicted molar refractivity (Wildman–Crippen MR) is 73.9 cm³/mol. The fourth-order valence-corrected chi connectivity index (χ4v) is 1.90. The highest BCUT2D eigenvalue weighted by atomic mass is 16.5. The molecule has 2 aromatic carbocycles. The van der Waals surface area contributed by atoms with Crippen molar-refractivity contribution in [2.75, 3.05) is 7.11 Å². The quantitative estimate of drug-likeness (QED) is 0.769. The highest BCUT2D eigenvalue weighted by Gasteiger charge is 2.13. The summed E-state index contributed by atoms with van der Waals surface area (Å²) in [5.41, 5.74) is 2.48. The van der Waals surface area contributed by atoms with Crippen LogP contribution in [0.4, 0.5) is 0 Å². The van der Waals surface area contributed by atoms with Gasteiger partial charge >= 0.3 is 0 Å². The molecule has 0 aliphatic carbocycles. The van der Waals surface area contributed by atoms with E-state index in [9.17, 15) is 4.79 Å². The molecule has 98 valence electrons. The van der Waals surface area contributed by atoms with Gasteiger partial charge in [0.05, 0.1) is 12.7 Å². The number of aldehydes is 1. The first kappa shape index (κ1) is 13.1. The van der Waals surface area contributed by atoms with Crippen molar-refractivity contribution in [2.24, 2.45) is 0 Å². The molecule has 0 saturated heterocycles. The molecule has 0 atom stereocenters. The summed E-state index contributed by atoms with van der Waals surface area (Å²) in [7, 11) is 1.58. The Morgan fingerprint density at radius 2 is 1.79 bits per heavy atom. The van der Waals surface area contributed by atoms with Crippen LogP contribution in [0, 0.1) is 6.92 Å². The minimum absolute atomic E-state index is 0.404. The van der Waals surface area contributed by atoms with Gasteiger partial charge in [0.2, 0.25) is 0 Å². The normalized spacial score (nSPS) is 10.0. The molecule has 2 aromatic rings. The number of benzene rings is 2. The monoisotopic (exact) mass is 256 g/mol. The molecule has 0 spiro atoms. The van der Waals surface area contributed by atoms with E-state index in [1.54, 1.807) is 13.2 Å². The summed E-state index contributed by atoms with van der Waals surface area (Å²) in [5, 5.41) is 0. The van der Waals surface area contributed by atoms with E-state index < -0.39 is 0 Å². The van der Waals surface area contributed by atoms with Crippen LogP contribution in [0.2, 0.25) is 0 Å². The van der Waals surface area contributed by atoms with E-state index in [4.69, 9.17) is 9.47 Å². The number of hydrogen-bond acceptors (Lipinski definition) is 3. The molecule has 0 aromatic heterocycles. The Morgan fingerprint density at radius 1 is 1.05 bits per heavy atom. The average molecular weight is 256 g/mol. The molecule has 0 fully saturated rings. The molecule has 0 unspecified atom stereocenters. The van der Waals surface area contributed by atoms with Crippen LogP contribution in [0.3, 0.4) is 0 Å². The predicted octanol–water partition coefficient (Wildman–Crippen LogP) is 3.40. The van der Waals surface area contributed by atoms with Crippen molar-refractivity contribution in [3.8, 4) is 11.5 Å². The minimum Gasteiger partial charge on any atom is -0.493 e. The van der Waals surface area contributed by atoms with Gasteiger partial charge in [-0.1, -0.05) is 36.4 Å². The van der Waals surface area contributed by atoms with Crippen LogP contribution in [0.15, 0.2) is 42.5 Å². The molecule has 3 nitrogen and oxygen atoms in total. The van der Waals surface area contributed by atoms with Crippen molar-refractivity contribution in [2.45, 2.75) is 13.5 Å². The van der Waals surface area contributed by atoms with Crippen LogP contribution in [0.5, 0.6) is 11.5 Å². The van der Waals surface area contributed by atoms with Crippen LogP contribution in [-0.4, -0.2) is 13.4 Å². The Labute approximate surface area is 112 Å². The van der Waals surface area contributed by atoms with Gasteiger partial charge in [0.15, 0.2) is 17.8 Å². The van der Waals surface area contributed by atoms with Gasteiger partial charge in [-0.05, 0) is 24.1 Å². The first-order valence-electron chi connectivity index (χ1n) is 6.05. The SMILES string of the molecule is COc1c(C)ccc(C=O)c1OCc1ccccc1. The number of hydrogen-bond donors (Lipinski definition) is 0. The van der Waals surface area contributed by atoms with E-state index >= 15 is 0 Å². The van der Waals surface area contributed by atoms with Gasteiger partial charge in [0.1, 0.15) is 6.61 Å². The Kier molecular flexibility index (Phi) is 4.18. The molecular formula is C16H16O3. The summed E-state index contributed by atoms with van der Waals surface area (Å²) in [6, 6.07) is 13.4. The standard InChI is InChI=1S/C16H16O3/c1-12-8-9-14(10-17)16(15(12)18-2)19-11-13-6-4-3-5-7-13/h3-10H,11H2,1-2H3. The van der Waals surface area contributed by atoms with E-state index in [1.165, 1.54) is 0 Å². The summed E-state index contributed by atoms with van der Waals surface area (Å²) in [4.78, 5) is 11.1. The molecule has 2 rings (SSSR count). The van der Waals surface area contributed by atoms with Crippen LogP contribution in [0.1, 0.15) is 21.5 Å². The lowest BCUT2D eigenvalue weighted by Crippen LogP contribution is -2.02. The fraction of sp³-hybridized carbons (Fsp3) is 0.188. The maximum absolute atomic E-state index is 11.1. The molecule has 0 saturated carbocycles. The number of methoxy groups -OCH3 is 1. The number of ether oxygens (including phenoxy) is 2. The van der Waals surface area contributed by atoms with E-state index in [-0.39, 0.29) is 0 Å². The second-order valence-corrected chi connectivity index (χ2v) is 4.23. The van der Waals surface area contributed by atoms with E-state index in [1.807, 2.05) is 43.3 Å². The van der Waals surface area contributed by atoms with Crippen molar-refractivity contribution in [3.63, 3.8) is 0 Å². The summed E-state index contributed by atoms with van der Waals surface area (Å²) < 4.78 is 11.1. The molecule has 0 bridgehead atoms. The van der Waals surface area contributed by atoms with E-state index in [2.05, 4.69) is 0 Å². The summed E-state index contributed by atoms with van der Waals surface area (Å²) in [6.07, 6.45) is 0.780. The highest BCUT2D eigenvalue weighted by Crippen LogP contribution is 2.34. The average Bonchev–Trinajstić information content (AvgIpc) is 2.46. The van der Waals surface area contributed by atoms with Gasteiger partial charge < -0.3 is 9.47 Å². The Morgan fingerprint density at radius 3 is 2.42 bits per heavy atom. The van der Waals surface area contributed by atoms with Gasteiger partial charge in [0.25, 0.3) is 0 Å².